The van der Waals surface area contributed by atoms with Crippen LogP contribution in [0.2, 0.25) is 0 Å². The van der Waals surface area contributed by atoms with Crippen molar-refractivity contribution in [1.29, 1.82) is 0 Å². The van der Waals surface area contributed by atoms with Gasteiger partial charge in [0.05, 0.1) is 6.42 Å². The molecule has 0 aliphatic carbocycles. The number of carbonyl (C=O) groups excluding carboxylic acids is 1. The predicted octanol–water partition coefficient (Wildman–Crippen LogP) is 0.440. The van der Waals surface area contributed by atoms with Gasteiger partial charge in [0.2, 0.25) is 5.91 Å². The number of anilines is 2. The van der Waals surface area contributed by atoms with Gasteiger partial charge in [-0.25, -0.2) is 0 Å². The van der Waals surface area contributed by atoms with E-state index < -0.39 is 12.0 Å². The minimum absolute atomic E-state index is 0.0508. The number of carbonyl (C=O) groups is 2. The lowest BCUT2D eigenvalue weighted by molar-refractivity contribution is -0.145. The monoisotopic (exact) mass is 320 g/mol. The molecule has 1 fully saturated rings. The van der Waals surface area contributed by atoms with Gasteiger partial charge in [0.15, 0.2) is 0 Å². The Hall–Kier alpha value is -2.12. The lowest BCUT2D eigenvalue weighted by Gasteiger charge is -2.32. The fourth-order valence-corrected chi connectivity index (χ4v) is 2.60. The third-order valence-electron chi connectivity index (χ3n) is 3.92. The predicted molar refractivity (Wildman–Crippen MR) is 89.9 cm³/mol. The SMILES string of the molecule is CN(C)c1ccc(NC(=O)C[C@@H](C(=O)O)N2CCNCC2)cc1. The molecule has 0 bridgehead atoms. The number of hydrogen-bond donors (Lipinski definition) is 3. The summed E-state index contributed by atoms with van der Waals surface area (Å²) < 4.78 is 0. The number of aliphatic carboxylic acids is 1. The molecule has 0 aromatic heterocycles. The lowest BCUT2D eigenvalue weighted by atomic mass is 10.1. The Morgan fingerprint density at radius 2 is 1.87 bits per heavy atom. The summed E-state index contributed by atoms with van der Waals surface area (Å²) in [6.07, 6.45) is -0.0508. The first-order valence-electron chi connectivity index (χ1n) is 7.72. The van der Waals surface area contributed by atoms with Crippen LogP contribution in [0.15, 0.2) is 24.3 Å². The molecular weight excluding hydrogens is 296 g/mol. The van der Waals surface area contributed by atoms with Crippen LogP contribution in [0.4, 0.5) is 11.4 Å². The molecule has 2 rings (SSSR count). The van der Waals surface area contributed by atoms with Gasteiger partial charge in [0.25, 0.3) is 0 Å². The second-order valence-electron chi connectivity index (χ2n) is 5.83. The summed E-state index contributed by atoms with van der Waals surface area (Å²) in [6, 6.07) is 6.65. The molecule has 1 aliphatic heterocycles. The van der Waals surface area contributed by atoms with Crippen molar-refractivity contribution >= 4 is 23.3 Å². The maximum Gasteiger partial charge on any atom is 0.321 e. The van der Waals surface area contributed by atoms with Crippen LogP contribution < -0.4 is 15.5 Å². The van der Waals surface area contributed by atoms with Crippen molar-refractivity contribution in [3.63, 3.8) is 0 Å². The van der Waals surface area contributed by atoms with Crippen LogP contribution >= 0.6 is 0 Å². The van der Waals surface area contributed by atoms with Crippen LogP contribution in [0.25, 0.3) is 0 Å². The van der Waals surface area contributed by atoms with Crippen molar-refractivity contribution in [2.24, 2.45) is 0 Å². The van der Waals surface area contributed by atoms with Crippen molar-refractivity contribution < 1.29 is 14.7 Å². The zero-order valence-electron chi connectivity index (χ0n) is 13.6. The van der Waals surface area contributed by atoms with E-state index in [9.17, 15) is 14.7 Å². The molecule has 0 spiro atoms. The summed E-state index contributed by atoms with van der Waals surface area (Å²) in [7, 11) is 3.89. The van der Waals surface area contributed by atoms with Gasteiger partial charge >= 0.3 is 5.97 Å². The standard InChI is InChI=1S/C16H24N4O3/c1-19(2)13-5-3-12(4-6-13)18-15(21)11-14(16(22)23)20-9-7-17-8-10-20/h3-6,14,17H,7-11H2,1-2H3,(H,18,21)(H,22,23)/t14-/m0/s1. The van der Waals surface area contributed by atoms with Crippen molar-refractivity contribution in [3.8, 4) is 0 Å². The van der Waals surface area contributed by atoms with Gasteiger partial charge in [0, 0.05) is 51.6 Å². The van der Waals surface area contributed by atoms with Crippen LogP contribution in [0.5, 0.6) is 0 Å². The fraction of sp³-hybridized carbons (Fsp3) is 0.500. The number of rotatable bonds is 6. The van der Waals surface area contributed by atoms with E-state index in [2.05, 4.69) is 10.6 Å². The highest BCUT2D eigenvalue weighted by Gasteiger charge is 2.29. The van der Waals surface area contributed by atoms with E-state index in [1.807, 2.05) is 48.2 Å². The van der Waals surface area contributed by atoms with E-state index in [0.29, 0.717) is 18.8 Å². The first-order valence-corrected chi connectivity index (χ1v) is 7.72. The number of nitrogens with zero attached hydrogens (tertiary/aromatic N) is 2. The second kappa shape index (κ2) is 7.94. The van der Waals surface area contributed by atoms with Crippen LogP contribution in [0, 0.1) is 0 Å². The second-order valence-corrected chi connectivity index (χ2v) is 5.83. The van der Waals surface area contributed by atoms with Crippen LogP contribution in [-0.2, 0) is 9.59 Å². The van der Waals surface area contributed by atoms with Crippen LogP contribution in [-0.4, -0.2) is 68.2 Å². The first-order chi connectivity index (χ1) is 11.0. The topological polar surface area (TPSA) is 84.9 Å². The van der Waals surface area contributed by atoms with E-state index in [1.54, 1.807) is 0 Å². The van der Waals surface area contributed by atoms with E-state index in [-0.39, 0.29) is 12.3 Å². The average molecular weight is 320 g/mol. The number of amides is 1. The van der Waals surface area contributed by atoms with Gasteiger partial charge in [-0.3, -0.25) is 14.5 Å². The summed E-state index contributed by atoms with van der Waals surface area (Å²) >= 11 is 0. The van der Waals surface area contributed by atoms with Gasteiger partial charge in [-0.1, -0.05) is 0 Å². The molecule has 1 aromatic carbocycles. The number of carboxylic acids is 1. The molecule has 0 unspecified atom stereocenters. The Kier molecular flexibility index (Phi) is 5.95. The Morgan fingerprint density at radius 1 is 1.26 bits per heavy atom. The lowest BCUT2D eigenvalue weighted by Crippen LogP contribution is -2.52. The largest absolute Gasteiger partial charge is 0.480 e. The van der Waals surface area contributed by atoms with Gasteiger partial charge in [-0.15, -0.1) is 0 Å². The van der Waals surface area contributed by atoms with E-state index in [0.717, 1.165) is 18.8 Å². The molecular formula is C16H24N4O3. The summed E-state index contributed by atoms with van der Waals surface area (Å²) in [6.45, 7) is 2.78. The van der Waals surface area contributed by atoms with Gasteiger partial charge in [-0.05, 0) is 24.3 Å². The van der Waals surface area contributed by atoms with Crippen LogP contribution in [0.3, 0.4) is 0 Å². The van der Waals surface area contributed by atoms with Crippen molar-refractivity contribution in [2.75, 3.05) is 50.5 Å². The number of hydrogen-bond acceptors (Lipinski definition) is 5. The summed E-state index contributed by atoms with van der Waals surface area (Å²) in [5.41, 5.74) is 1.71. The van der Waals surface area contributed by atoms with Crippen LogP contribution in [0.1, 0.15) is 6.42 Å². The quantitative estimate of drug-likeness (QED) is 0.705. The Labute approximate surface area is 136 Å². The minimum Gasteiger partial charge on any atom is -0.480 e. The molecule has 1 atom stereocenters. The third kappa shape index (κ3) is 4.94. The maximum absolute atomic E-state index is 12.2. The van der Waals surface area contributed by atoms with Crippen molar-refractivity contribution in [1.82, 2.24) is 10.2 Å². The molecule has 7 heteroatoms. The smallest absolute Gasteiger partial charge is 0.321 e. The van der Waals surface area contributed by atoms with Gasteiger partial charge in [0.1, 0.15) is 6.04 Å². The van der Waals surface area contributed by atoms with Crippen molar-refractivity contribution in [2.45, 2.75) is 12.5 Å². The molecule has 1 aliphatic rings. The normalized spacial score (nSPS) is 16.6. The first kappa shape index (κ1) is 17.2. The Morgan fingerprint density at radius 3 is 2.39 bits per heavy atom. The summed E-state index contributed by atoms with van der Waals surface area (Å²) in [5.74, 6) is -1.24. The van der Waals surface area contributed by atoms with Gasteiger partial charge < -0.3 is 20.6 Å². The highest BCUT2D eigenvalue weighted by molar-refractivity contribution is 5.94. The molecule has 7 nitrogen and oxygen atoms in total. The zero-order chi connectivity index (χ0) is 16.8. The highest BCUT2D eigenvalue weighted by atomic mass is 16.4. The molecule has 3 N–H and O–H groups in total. The average Bonchev–Trinajstić information content (AvgIpc) is 2.53. The fourth-order valence-electron chi connectivity index (χ4n) is 2.60. The van der Waals surface area contributed by atoms with Crippen molar-refractivity contribution in [3.05, 3.63) is 24.3 Å². The Balaban J connectivity index is 1.94. The van der Waals surface area contributed by atoms with E-state index >= 15 is 0 Å². The minimum atomic E-state index is -0.954. The number of piperazine rings is 1. The van der Waals surface area contributed by atoms with Gasteiger partial charge in [-0.2, -0.15) is 0 Å². The number of nitrogens with one attached hydrogen (secondary N) is 2. The summed E-state index contributed by atoms with van der Waals surface area (Å²) in [4.78, 5) is 27.4. The molecule has 0 radical (unpaired) electrons. The molecule has 126 valence electrons. The number of benzene rings is 1. The molecule has 23 heavy (non-hydrogen) atoms. The molecule has 1 amide bonds. The molecule has 1 heterocycles. The van der Waals surface area contributed by atoms with E-state index in [1.165, 1.54) is 0 Å². The van der Waals surface area contributed by atoms with E-state index in [4.69, 9.17) is 0 Å². The third-order valence-corrected chi connectivity index (χ3v) is 3.92. The summed E-state index contributed by atoms with van der Waals surface area (Å²) in [5, 5.41) is 15.3. The molecule has 0 saturated carbocycles. The zero-order valence-corrected chi connectivity index (χ0v) is 13.6. The highest BCUT2D eigenvalue weighted by Crippen LogP contribution is 2.16. The molecule has 1 saturated heterocycles. The number of carboxylic acid groups (broad SMARTS) is 1. The maximum atomic E-state index is 12.2. The molecule has 1 aromatic rings. The Bertz CT molecular complexity index is 539.